The Hall–Kier alpha value is -3.70. The third kappa shape index (κ3) is 6.48. The fraction of sp³-hybridized carbons (Fsp3) is 0.321. The summed E-state index contributed by atoms with van der Waals surface area (Å²) in [5, 5.41) is 12.5. The van der Waals surface area contributed by atoms with Crippen LogP contribution in [0.15, 0.2) is 65.1 Å². The first-order chi connectivity index (χ1) is 19.0. The maximum Gasteiger partial charge on any atom is 0.409 e. The van der Waals surface area contributed by atoms with Gasteiger partial charge in [-0.3, -0.25) is 9.36 Å². The second kappa shape index (κ2) is 12.4. The molecular weight excluding hydrogens is 532 g/mol. The second-order valence-corrected chi connectivity index (χ2v) is 11.0. The molecule has 1 saturated heterocycles. The van der Waals surface area contributed by atoms with Crippen molar-refractivity contribution >= 4 is 35.1 Å². The van der Waals surface area contributed by atoms with Gasteiger partial charge in [0.2, 0.25) is 0 Å². The van der Waals surface area contributed by atoms with Crippen molar-refractivity contribution in [3.63, 3.8) is 0 Å². The van der Waals surface area contributed by atoms with Crippen molar-refractivity contribution in [1.29, 1.82) is 0 Å². The largest absolute Gasteiger partial charge is 0.450 e. The standard InChI is InChI=1S/C28H30N6O3S2/c1-3-37-28(36)33-15-13-32(14-16-33)26(35)23-18-38-25(29-23)19-39-27-31-30-24(17-21-7-5-4-6-8-21)34(27)22-11-9-20(2)10-12-22/h4-12,18H,3,13-17,19H2,1-2H3. The summed E-state index contributed by atoms with van der Waals surface area (Å²) >= 11 is 3.02. The average Bonchev–Trinajstić information content (AvgIpc) is 3.60. The van der Waals surface area contributed by atoms with E-state index in [1.54, 1.807) is 28.5 Å². The lowest BCUT2D eigenvalue weighted by atomic mass is 10.1. The molecule has 0 atom stereocenters. The highest BCUT2D eigenvalue weighted by atomic mass is 32.2. The molecule has 0 N–H and O–H groups in total. The summed E-state index contributed by atoms with van der Waals surface area (Å²) in [6.07, 6.45) is 0.338. The van der Waals surface area contributed by atoms with E-state index in [4.69, 9.17) is 4.74 Å². The molecule has 0 spiro atoms. The number of benzene rings is 2. The summed E-state index contributed by atoms with van der Waals surface area (Å²) in [6.45, 7) is 6.03. The molecule has 0 aliphatic carbocycles. The first-order valence-corrected chi connectivity index (χ1v) is 14.7. The number of thioether (sulfide) groups is 1. The fourth-order valence-electron chi connectivity index (χ4n) is 4.31. The molecule has 0 saturated carbocycles. The Kier molecular flexibility index (Phi) is 8.58. The van der Waals surface area contributed by atoms with E-state index in [1.807, 2.05) is 23.6 Å². The first-order valence-electron chi connectivity index (χ1n) is 12.8. The van der Waals surface area contributed by atoms with Gasteiger partial charge in [0.15, 0.2) is 5.16 Å². The van der Waals surface area contributed by atoms with Crippen molar-refractivity contribution in [3.05, 3.63) is 87.6 Å². The minimum Gasteiger partial charge on any atom is -0.450 e. The van der Waals surface area contributed by atoms with E-state index in [1.165, 1.54) is 22.5 Å². The van der Waals surface area contributed by atoms with E-state index in [0.717, 1.165) is 21.7 Å². The molecule has 1 aliphatic rings. The van der Waals surface area contributed by atoms with Gasteiger partial charge >= 0.3 is 6.09 Å². The highest BCUT2D eigenvalue weighted by Crippen LogP contribution is 2.28. The molecule has 0 unspecified atom stereocenters. The lowest BCUT2D eigenvalue weighted by Gasteiger charge is -2.33. The summed E-state index contributed by atoms with van der Waals surface area (Å²) in [5.41, 5.74) is 3.80. The lowest BCUT2D eigenvalue weighted by Crippen LogP contribution is -2.50. The van der Waals surface area contributed by atoms with Gasteiger partial charge in [0, 0.05) is 43.7 Å². The van der Waals surface area contributed by atoms with Crippen LogP contribution in [0.5, 0.6) is 0 Å². The summed E-state index contributed by atoms with van der Waals surface area (Å²) in [4.78, 5) is 33.0. The molecular formula is C28H30N6O3S2. The van der Waals surface area contributed by atoms with Crippen LogP contribution in [-0.2, 0) is 16.9 Å². The molecule has 1 fully saturated rings. The normalized spacial score (nSPS) is 13.5. The Balaban J connectivity index is 1.26. The maximum atomic E-state index is 13.0. The molecule has 0 radical (unpaired) electrons. The van der Waals surface area contributed by atoms with Crippen LogP contribution in [0.1, 0.15) is 39.4 Å². The number of hydrogen-bond donors (Lipinski definition) is 0. The second-order valence-electron chi connectivity index (χ2n) is 9.13. The van der Waals surface area contributed by atoms with Crippen LogP contribution < -0.4 is 0 Å². The number of carbonyl (C=O) groups is 2. The van der Waals surface area contributed by atoms with Gasteiger partial charge in [-0.15, -0.1) is 21.5 Å². The number of aromatic nitrogens is 4. The van der Waals surface area contributed by atoms with Gasteiger partial charge in [-0.2, -0.15) is 0 Å². The average molecular weight is 563 g/mol. The Labute approximate surface area is 235 Å². The quantitative estimate of drug-likeness (QED) is 0.284. The highest BCUT2D eigenvalue weighted by molar-refractivity contribution is 7.98. The van der Waals surface area contributed by atoms with Crippen LogP contribution >= 0.6 is 23.1 Å². The van der Waals surface area contributed by atoms with Gasteiger partial charge in [-0.1, -0.05) is 59.8 Å². The third-order valence-corrected chi connectivity index (χ3v) is 8.36. The van der Waals surface area contributed by atoms with Crippen LogP contribution in [-0.4, -0.2) is 74.3 Å². The van der Waals surface area contributed by atoms with E-state index in [9.17, 15) is 9.59 Å². The van der Waals surface area contributed by atoms with E-state index in [0.29, 0.717) is 50.7 Å². The van der Waals surface area contributed by atoms with Crippen molar-refractivity contribution in [1.82, 2.24) is 29.5 Å². The Morgan fingerprint density at radius 2 is 1.69 bits per heavy atom. The molecule has 9 nitrogen and oxygen atoms in total. The van der Waals surface area contributed by atoms with Crippen molar-refractivity contribution in [3.8, 4) is 5.69 Å². The number of aryl methyl sites for hydroxylation is 1. The zero-order chi connectivity index (χ0) is 27.2. The zero-order valence-corrected chi connectivity index (χ0v) is 23.6. The minimum absolute atomic E-state index is 0.112. The van der Waals surface area contributed by atoms with E-state index >= 15 is 0 Å². The van der Waals surface area contributed by atoms with Crippen LogP contribution in [0.3, 0.4) is 0 Å². The first kappa shape index (κ1) is 26.9. The van der Waals surface area contributed by atoms with Crippen molar-refractivity contribution in [2.24, 2.45) is 0 Å². The van der Waals surface area contributed by atoms with Gasteiger partial charge in [-0.25, -0.2) is 9.78 Å². The number of ether oxygens (including phenoxy) is 1. The number of thiazole rings is 1. The Morgan fingerprint density at radius 3 is 2.41 bits per heavy atom. The molecule has 39 heavy (non-hydrogen) atoms. The number of rotatable bonds is 8. The Bertz CT molecular complexity index is 1410. The topological polar surface area (TPSA) is 93.5 Å². The SMILES string of the molecule is CCOC(=O)N1CCN(C(=O)c2csc(CSc3nnc(Cc4ccccc4)n3-c3ccc(C)cc3)n2)CC1. The van der Waals surface area contributed by atoms with Gasteiger partial charge in [0.25, 0.3) is 5.91 Å². The summed E-state index contributed by atoms with van der Waals surface area (Å²) in [5.74, 6) is 1.33. The van der Waals surface area contributed by atoms with Crippen LogP contribution in [0.4, 0.5) is 4.79 Å². The molecule has 5 rings (SSSR count). The molecule has 1 aliphatic heterocycles. The van der Waals surface area contributed by atoms with Crippen LogP contribution in [0.2, 0.25) is 0 Å². The maximum absolute atomic E-state index is 13.0. The van der Waals surface area contributed by atoms with Gasteiger partial charge in [0.1, 0.15) is 16.5 Å². The fourth-order valence-corrected chi connectivity index (χ4v) is 6.07. The van der Waals surface area contributed by atoms with Crippen LogP contribution in [0, 0.1) is 6.92 Å². The lowest BCUT2D eigenvalue weighted by molar-refractivity contribution is 0.0566. The highest BCUT2D eigenvalue weighted by Gasteiger charge is 2.27. The van der Waals surface area contributed by atoms with Crippen LogP contribution in [0.25, 0.3) is 5.69 Å². The van der Waals surface area contributed by atoms with E-state index in [2.05, 4.69) is 63.1 Å². The number of nitrogens with zero attached hydrogens (tertiary/aromatic N) is 6. The number of carbonyl (C=O) groups excluding carboxylic acids is 2. The minimum atomic E-state index is -0.331. The number of piperazine rings is 1. The molecule has 2 aromatic heterocycles. The van der Waals surface area contributed by atoms with Crippen molar-refractivity contribution in [2.75, 3.05) is 32.8 Å². The van der Waals surface area contributed by atoms with E-state index < -0.39 is 0 Å². The monoisotopic (exact) mass is 562 g/mol. The predicted octanol–water partition coefficient (Wildman–Crippen LogP) is 4.83. The molecule has 202 valence electrons. The number of amides is 2. The smallest absolute Gasteiger partial charge is 0.409 e. The molecule has 2 aromatic carbocycles. The predicted molar refractivity (Wildman–Crippen MR) is 152 cm³/mol. The summed E-state index contributed by atoms with van der Waals surface area (Å²) < 4.78 is 7.16. The summed E-state index contributed by atoms with van der Waals surface area (Å²) in [6, 6.07) is 18.6. The zero-order valence-electron chi connectivity index (χ0n) is 21.9. The molecule has 2 amide bonds. The van der Waals surface area contributed by atoms with Crippen molar-refractivity contribution < 1.29 is 14.3 Å². The molecule has 11 heteroatoms. The number of hydrogen-bond acceptors (Lipinski definition) is 8. The van der Waals surface area contributed by atoms with E-state index in [-0.39, 0.29) is 12.0 Å². The van der Waals surface area contributed by atoms with Gasteiger partial charge in [0.05, 0.1) is 12.4 Å². The molecule has 4 aromatic rings. The summed E-state index contributed by atoms with van der Waals surface area (Å²) in [7, 11) is 0. The molecule has 0 bridgehead atoms. The van der Waals surface area contributed by atoms with Gasteiger partial charge < -0.3 is 14.5 Å². The van der Waals surface area contributed by atoms with Crippen molar-refractivity contribution in [2.45, 2.75) is 31.2 Å². The third-order valence-electron chi connectivity index (χ3n) is 6.39. The molecule has 3 heterocycles. The Morgan fingerprint density at radius 1 is 0.974 bits per heavy atom. The van der Waals surface area contributed by atoms with Gasteiger partial charge in [-0.05, 0) is 31.5 Å².